The number of anilines is 1. The monoisotopic (exact) mass is 374 g/mol. The van der Waals surface area contributed by atoms with E-state index in [-0.39, 0.29) is 17.4 Å². The van der Waals surface area contributed by atoms with Crippen LogP contribution >= 0.6 is 12.2 Å². The fourth-order valence-electron chi connectivity index (χ4n) is 2.17. The summed E-state index contributed by atoms with van der Waals surface area (Å²) in [6.45, 7) is 0.973. The molecule has 2 rings (SSSR count). The van der Waals surface area contributed by atoms with E-state index in [0.717, 1.165) is 17.0 Å². The third-order valence-corrected chi connectivity index (χ3v) is 3.63. The minimum absolute atomic E-state index is 0.194. The molecule has 0 fully saturated rings. The minimum atomic E-state index is -0.194. The molecule has 26 heavy (non-hydrogen) atoms. The average molecular weight is 374 g/mol. The molecule has 7 heteroatoms. The van der Waals surface area contributed by atoms with Crippen LogP contribution in [0.5, 0.6) is 11.5 Å². The molecular weight excluding hydrogens is 352 g/mol. The summed E-state index contributed by atoms with van der Waals surface area (Å²) >= 11 is 5.19. The van der Waals surface area contributed by atoms with Gasteiger partial charge in [0.2, 0.25) is 5.91 Å². The minimum Gasteiger partial charge on any atom is -0.497 e. The second-order valence-electron chi connectivity index (χ2n) is 5.40. The highest BCUT2D eigenvalue weighted by atomic mass is 32.1. The molecule has 2 aromatic rings. The second-order valence-corrected chi connectivity index (χ2v) is 5.80. The van der Waals surface area contributed by atoms with Crippen LogP contribution in [0.25, 0.3) is 0 Å². The lowest BCUT2D eigenvalue weighted by atomic mass is 10.1. The maximum absolute atomic E-state index is 12.1. The van der Waals surface area contributed by atoms with Crippen LogP contribution in [0.1, 0.15) is 5.56 Å². The van der Waals surface area contributed by atoms with Gasteiger partial charge in [0, 0.05) is 18.9 Å². The van der Waals surface area contributed by atoms with Crippen molar-refractivity contribution < 1.29 is 19.0 Å². The quantitative estimate of drug-likeness (QED) is 0.547. The van der Waals surface area contributed by atoms with Crippen molar-refractivity contribution in [2.45, 2.75) is 6.42 Å². The molecule has 0 aliphatic heterocycles. The van der Waals surface area contributed by atoms with E-state index in [1.807, 2.05) is 42.5 Å². The number of benzene rings is 2. The number of thiocarbonyl (C=S) groups is 1. The fourth-order valence-corrected chi connectivity index (χ4v) is 2.40. The largest absolute Gasteiger partial charge is 0.497 e. The number of carbonyl (C=O) groups is 1. The van der Waals surface area contributed by atoms with Crippen molar-refractivity contribution in [3.05, 3.63) is 54.1 Å². The summed E-state index contributed by atoms with van der Waals surface area (Å²) in [5.74, 6) is 1.25. The average Bonchev–Trinajstić information content (AvgIpc) is 2.62. The lowest BCUT2D eigenvalue weighted by Crippen LogP contribution is -2.35. The number of ether oxygens (including phenoxy) is 3. The molecule has 0 bridgehead atoms. The van der Waals surface area contributed by atoms with Gasteiger partial charge < -0.3 is 24.8 Å². The highest BCUT2D eigenvalue weighted by molar-refractivity contribution is 7.80. The van der Waals surface area contributed by atoms with Crippen molar-refractivity contribution in [1.82, 2.24) is 5.32 Å². The van der Waals surface area contributed by atoms with Crippen LogP contribution in [-0.2, 0) is 16.0 Å². The number of rotatable bonds is 8. The molecule has 0 radical (unpaired) electrons. The summed E-state index contributed by atoms with van der Waals surface area (Å²) in [5.41, 5.74) is 1.61. The predicted octanol–water partition coefficient (Wildman–Crippen LogP) is 2.78. The zero-order chi connectivity index (χ0) is 18.8. The highest BCUT2D eigenvalue weighted by Crippen LogP contribution is 2.17. The van der Waals surface area contributed by atoms with E-state index in [4.69, 9.17) is 26.4 Å². The molecule has 0 aromatic heterocycles. The summed E-state index contributed by atoms with van der Waals surface area (Å²) in [6, 6.07) is 14.6. The first-order valence-corrected chi connectivity index (χ1v) is 8.47. The molecule has 0 aliphatic carbocycles. The lowest BCUT2D eigenvalue weighted by molar-refractivity contribution is -0.119. The Kier molecular flexibility index (Phi) is 7.85. The van der Waals surface area contributed by atoms with E-state index < -0.39 is 0 Å². The third kappa shape index (κ3) is 6.70. The fraction of sp³-hybridized carbons (Fsp3) is 0.263. The van der Waals surface area contributed by atoms with Crippen LogP contribution in [0.4, 0.5) is 5.69 Å². The van der Waals surface area contributed by atoms with E-state index in [0.29, 0.717) is 19.0 Å². The first-order chi connectivity index (χ1) is 12.6. The van der Waals surface area contributed by atoms with E-state index >= 15 is 0 Å². The molecule has 0 spiro atoms. The van der Waals surface area contributed by atoms with Crippen LogP contribution < -0.4 is 20.1 Å². The third-order valence-electron chi connectivity index (χ3n) is 3.42. The van der Waals surface area contributed by atoms with E-state index in [2.05, 4.69) is 10.6 Å². The van der Waals surface area contributed by atoms with Crippen molar-refractivity contribution in [3.8, 4) is 11.5 Å². The Morgan fingerprint density at radius 1 is 1.04 bits per heavy atom. The molecule has 0 unspecified atom stereocenters. The Morgan fingerprint density at radius 3 is 2.50 bits per heavy atom. The number of amides is 1. The van der Waals surface area contributed by atoms with Gasteiger partial charge in [-0.1, -0.05) is 18.2 Å². The van der Waals surface area contributed by atoms with Gasteiger partial charge in [0.25, 0.3) is 0 Å². The Morgan fingerprint density at radius 2 is 1.81 bits per heavy atom. The van der Waals surface area contributed by atoms with Gasteiger partial charge in [-0.2, -0.15) is 0 Å². The highest BCUT2D eigenvalue weighted by Gasteiger charge is 2.07. The summed E-state index contributed by atoms with van der Waals surface area (Å²) in [6.07, 6.45) is 0.228. The number of hydrogen-bond acceptors (Lipinski definition) is 5. The van der Waals surface area contributed by atoms with E-state index in [1.165, 1.54) is 0 Å². The van der Waals surface area contributed by atoms with Crippen LogP contribution in [-0.4, -0.2) is 38.5 Å². The molecule has 6 nitrogen and oxygen atoms in total. The predicted molar refractivity (Wildman–Crippen MR) is 105 cm³/mol. The van der Waals surface area contributed by atoms with Crippen molar-refractivity contribution >= 4 is 28.9 Å². The van der Waals surface area contributed by atoms with Crippen LogP contribution in [0.15, 0.2) is 48.5 Å². The molecule has 0 heterocycles. The van der Waals surface area contributed by atoms with Gasteiger partial charge in [0.05, 0.1) is 20.1 Å². The SMILES string of the molecule is COCCOc1cccc(NC(=S)NC(=O)Cc2ccc(OC)cc2)c1. The molecule has 0 saturated carbocycles. The van der Waals surface area contributed by atoms with Crippen LogP contribution in [0.2, 0.25) is 0 Å². The molecule has 0 atom stereocenters. The van der Waals surface area contributed by atoms with Gasteiger partial charge in [0.15, 0.2) is 5.11 Å². The number of nitrogens with one attached hydrogen (secondary N) is 2. The van der Waals surface area contributed by atoms with Crippen molar-refractivity contribution in [2.75, 3.05) is 32.8 Å². The van der Waals surface area contributed by atoms with Crippen molar-refractivity contribution in [2.24, 2.45) is 0 Å². The Bertz CT molecular complexity index is 735. The molecule has 0 saturated heterocycles. The van der Waals surface area contributed by atoms with E-state index in [9.17, 15) is 4.79 Å². The van der Waals surface area contributed by atoms with Gasteiger partial charge in [-0.05, 0) is 42.0 Å². The molecule has 2 aromatic carbocycles. The maximum atomic E-state index is 12.1. The first kappa shape index (κ1) is 19.7. The van der Waals surface area contributed by atoms with Gasteiger partial charge in [-0.3, -0.25) is 4.79 Å². The summed E-state index contributed by atoms with van der Waals surface area (Å²) in [4.78, 5) is 12.1. The van der Waals surface area contributed by atoms with Crippen molar-refractivity contribution in [1.29, 1.82) is 0 Å². The maximum Gasteiger partial charge on any atom is 0.230 e. The van der Waals surface area contributed by atoms with Gasteiger partial charge in [0.1, 0.15) is 18.1 Å². The standard InChI is InChI=1S/C19H22N2O4S/c1-23-10-11-25-17-5-3-4-15(13-17)20-19(26)21-18(22)12-14-6-8-16(24-2)9-7-14/h3-9,13H,10-12H2,1-2H3,(H2,20,21,22,26). The van der Waals surface area contributed by atoms with Gasteiger partial charge in [-0.15, -0.1) is 0 Å². The Labute approximate surface area is 158 Å². The zero-order valence-corrected chi connectivity index (χ0v) is 15.6. The molecule has 1 amide bonds. The molecule has 2 N–H and O–H groups in total. The lowest BCUT2D eigenvalue weighted by Gasteiger charge is -2.11. The van der Waals surface area contributed by atoms with Gasteiger partial charge >= 0.3 is 0 Å². The van der Waals surface area contributed by atoms with E-state index in [1.54, 1.807) is 20.3 Å². The summed E-state index contributed by atoms with van der Waals surface area (Å²) < 4.78 is 15.6. The number of methoxy groups -OCH3 is 2. The zero-order valence-electron chi connectivity index (χ0n) is 14.8. The first-order valence-electron chi connectivity index (χ1n) is 8.06. The molecular formula is C19H22N2O4S. The topological polar surface area (TPSA) is 68.8 Å². The number of hydrogen-bond donors (Lipinski definition) is 2. The normalized spacial score (nSPS) is 10.1. The number of carbonyl (C=O) groups excluding carboxylic acids is 1. The van der Waals surface area contributed by atoms with Crippen LogP contribution in [0, 0.1) is 0 Å². The molecule has 138 valence electrons. The van der Waals surface area contributed by atoms with Crippen LogP contribution in [0.3, 0.4) is 0 Å². The molecule has 0 aliphatic rings. The Balaban J connectivity index is 1.83. The Hall–Kier alpha value is -2.64. The van der Waals surface area contributed by atoms with Gasteiger partial charge in [-0.25, -0.2) is 0 Å². The van der Waals surface area contributed by atoms with Crippen molar-refractivity contribution in [3.63, 3.8) is 0 Å². The second kappa shape index (κ2) is 10.4. The summed E-state index contributed by atoms with van der Waals surface area (Å²) in [7, 11) is 3.22. The summed E-state index contributed by atoms with van der Waals surface area (Å²) in [5, 5.41) is 5.88. The smallest absolute Gasteiger partial charge is 0.230 e.